The first kappa shape index (κ1) is 21.4. The lowest BCUT2D eigenvalue weighted by atomic mass is 10.1. The standard InChI is InChI=1S/C12H20F8NO/c1-4-21(3,5-2)6-7-22-8-10(15,16)12(19,20)11(17,18)9(13)14/h9H,4-8H2,1-3H3/q+1. The first-order valence-electron chi connectivity index (χ1n) is 6.60. The molecule has 134 valence electrons. The number of hydrogen-bond donors (Lipinski definition) is 0. The van der Waals surface area contributed by atoms with Gasteiger partial charge in [-0.25, -0.2) is 8.78 Å². The van der Waals surface area contributed by atoms with Crippen LogP contribution in [0.3, 0.4) is 0 Å². The molecule has 0 N–H and O–H groups in total. The summed E-state index contributed by atoms with van der Waals surface area (Å²) in [5, 5.41) is 0. The van der Waals surface area contributed by atoms with Crippen molar-refractivity contribution in [2.45, 2.75) is 38.0 Å². The average molecular weight is 346 g/mol. The normalized spacial score (nSPS) is 14.7. The molecule has 0 aliphatic heterocycles. The van der Waals surface area contributed by atoms with Gasteiger partial charge in [0.05, 0.1) is 26.7 Å². The summed E-state index contributed by atoms with van der Waals surface area (Å²) in [5.41, 5.74) is 0. The van der Waals surface area contributed by atoms with E-state index in [1.807, 2.05) is 13.8 Å². The molecule has 0 saturated heterocycles. The van der Waals surface area contributed by atoms with Crippen LogP contribution in [0.2, 0.25) is 0 Å². The molecule has 0 aromatic rings. The monoisotopic (exact) mass is 346 g/mol. The second-order valence-corrected chi connectivity index (χ2v) is 5.23. The SMILES string of the molecule is CC[N+](C)(CC)CCOCC(F)(F)C(F)(F)C(F)(F)C(F)F. The van der Waals surface area contributed by atoms with Gasteiger partial charge in [-0.3, -0.25) is 0 Å². The number of hydrogen-bond acceptors (Lipinski definition) is 1. The van der Waals surface area contributed by atoms with E-state index in [2.05, 4.69) is 4.74 Å². The summed E-state index contributed by atoms with van der Waals surface area (Å²) >= 11 is 0. The number of halogens is 8. The predicted molar refractivity (Wildman–Crippen MR) is 63.8 cm³/mol. The van der Waals surface area contributed by atoms with E-state index in [4.69, 9.17) is 0 Å². The Morgan fingerprint density at radius 3 is 1.77 bits per heavy atom. The third-order valence-corrected chi connectivity index (χ3v) is 3.74. The summed E-state index contributed by atoms with van der Waals surface area (Å²) in [5.74, 6) is -17.8. The zero-order valence-corrected chi connectivity index (χ0v) is 12.5. The molecule has 0 rings (SSSR count). The van der Waals surface area contributed by atoms with Crippen molar-refractivity contribution < 1.29 is 44.3 Å². The summed E-state index contributed by atoms with van der Waals surface area (Å²) < 4.78 is 106. The number of alkyl halides is 8. The first-order chi connectivity index (χ1) is 9.77. The summed E-state index contributed by atoms with van der Waals surface area (Å²) in [4.78, 5) is 0. The second kappa shape index (κ2) is 7.29. The number of quaternary nitrogens is 1. The molecular formula is C12H20F8NO+. The topological polar surface area (TPSA) is 9.23 Å². The van der Waals surface area contributed by atoms with Crippen LogP contribution in [0.25, 0.3) is 0 Å². The molecule has 0 heterocycles. The largest absolute Gasteiger partial charge is 0.380 e. The van der Waals surface area contributed by atoms with Crippen molar-refractivity contribution in [3.8, 4) is 0 Å². The number of likely N-dealkylation sites (N-methyl/N-ethyl adjacent to an activating group) is 1. The molecule has 0 aromatic carbocycles. The van der Waals surface area contributed by atoms with E-state index in [1.54, 1.807) is 7.05 Å². The average Bonchev–Trinajstić information content (AvgIpc) is 2.42. The van der Waals surface area contributed by atoms with Gasteiger partial charge in [-0.1, -0.05) is 0 Å². The molecule has 0 bridgehead atoms. The van der Waals surface area contributed by atoms with E-state index in [1.165, 1.54) is 0 Å². The lowest BCUT2D eigenvalue weighted by molar-refractivity contribution is -0.906. The quantitative estimate of drug-likeness (QED) is 0.333. The van der Waals surface area contributed by atoms with Crippen molar-refractivity contribution >= 4 is 0 Å². The molecule has 0 atom stereocenters. The van der Waals surface area contributed by atoms with Gasteiger partial charge in [0.2, 0.25) is 0 Å². The summed E-state index contributed by atoms with van der Waals surface area (Å²) in [6.45, 7) is 2.62. The Hall–Kier alpha value is -0.640. The molecule has 0 saturated carbocycles. The van der Waals surface area contributed by atoms with Gasteiger partial charge in [-0.05, 0) is 13.8 Å². The first-order valence-corrected chi connectivity index (χ1v) is 6.60. The molecule has 0 aromatic heterocycles. The van der Waals surface area contributed by atoms with Gasteiger partial charge in [-0.2, -0.15) is 26.3 Å². The van der Waals surface area contributed by atoms with Crippen LogP contribution in [0.1, 0.15) is 13.8 Å². The lowest BCUT2D eigenvalue weighted by Gasteiger charge is -2.33. The Bertz CT molecular complexity index is 344. The third kappa shape index (κ3) is 4.43. The zero-order chi connectivity index (χ0) is 17.8. The van der Waals surface area contributed by atoms with Crippen LogP contribution >= 0.6 is 0 Å². The smallest absolute Gasteiger partial charge is 0.369 e. The van der Waals surface area contributed by atoms with Gasteiger partial charge in [0.1, 0.15) is 13.2 Å². The van der Waals surface area contributed by atoms with Gasteiger partial charge < -0.3 is 9.22 Å². The molecule has 10 heteroatoms. The minimum Gasteiger partial charge on any atom is -0.369 e. The van der Waals surface area contributed by atoms with Crippen LogP contribution in [-0.2, 0) is 4.74 Å². The molecule has 22 heavy (non-hydrogen) atoms. The summed E-state index contributed by atoms with van der Waals surface area (Å²) in [6.07, 6.45) is -4.91. The van der Waals surface area contributed by atoms with Gasteiger partial charge in [-0.15, -0.1) is 0 Å². The highest BCUT2D eigenvalue weighted by Crippen LogP contribution is 2.48. The molecule has 0 radical (unpaired) electrons. The predicted octanol–water partition coefficient (Wildman–Crippen LogP) is 3.66. The maximum atomic E-state index is 13.1. The van der Waals surface area contributed by atoms with Crippen LogP contribution in [0, 0.1) is 0 Å². The molecule has 0 fully saturated rings. The Balaban J connectivity index is 4.71. The van der Waals surface area contributed by atoms with Crippen molar-refractivity contribution in [1.82, 2.24) is 0 Å². The fourth-order valence-corrected chi connectivity index (χ4v) is 1.50. The Labute approximate surface area is 123 Å². The maximum Gasteiger partial charge on any atom is 0.380 e. The van der Waals surface area contributed by atoms with Crippen LogP contribution < -0.4 is 0 Å². The third-order valence-electron chi connectivity index (χ3n) is 3.74. The number of rotatable bonds is 10. The zero-order valence-electron chi connectivity index (χ0n) is 12.5. The van der Waals surface area contributed by atoms with Crippen molar-refractivity contribution in [3.63, 3.8) is 0 Å². The van der Waals surface area contributed by atoms with Crippen LogP contribution in [0.5, 0.6) is 0 Å². The van der Waals surface area contributed by atoms with Crippen molar-refractivity contribution in [1.29, 1.82) is 0 Å². The van der Waals surface area contributed by atoms with Crippen LogP contribution in [0.15, 0.2) is 0 Å². The minimum atomic E-state index is -6.21. The van der Waals surface area contributed by atoms with E-state index in [-0.39, 0.29) is 13.2 Å². The van der Waals surface area contributed by atoms with Crippen LogP contribution in [0.4, 0.5) is 35.1 Å². The molecule has 0 amide bonds. The fraction of sp³-hybridized carbons (Fsp3) is 1.00. The molecular weight excluding hydrogens is 326 g/mol. The van der Waals surface area contributed by atoms with Gasteiger partial charge in [0.15, 0.2) is 0 Å². The van der Waals surface area contributed by atoms with E-state index in [9.17, 15) is 35.1 Å². The highest BCUT2D eigenvalue weighted by molar-refractivity contribution is 4.97. The Kier molecular flexibility index (Phi) is 7.08. The summed E-state index contributed by atoms with van der Waals surface area (Å²) in [7, 11) is 1.76. The molecule has 0 spiro atoms. The fourth-order valence-electron chi connectivity index (χ4n) is 1.50. The van der Waals surface area contributed by atoms with E-state index >= 15 is 0 Å². The lowest BCUT2D eigenvalue weighted by Crippen LogP contribution is -2.59. The van der Waals surface area contributed by atoms with Crippen molar-refractivity contribution in [2.24, 2.45) is 0 Å². The Morgan fingerprint density at radius 2 is 1.41 bits per heavy atom. The highest BCUT2D eigenvalue weighted by atomic mass is 19.4. The Morgan fingerprint density at radius 1 is 0.955 bits per heavy atom. The number of ether oxygens (including phenoxy) is 1. The van der Waals surface area contributed by atoms with Crippen LogP contribution in [-0.4, -0.2) is 68.6 Å². The van der Waals surface area contributed by atoms with Gasteiger partial charge in [0.25, 0.3) is 0 Å². The highest BCUT2D eigenvalue weighted by Gasteiger charge is 2.75. The van der Waals surface area contributed by atoms with E-state index in [0.717, 1.165) is 0 Å². The second-order valence-electron chi connectivity index (χ2n) is 5.23. The minimum absolute atomic E-state index is 0.194. The maximum absolute atomic E-state index is 13.1. The van der Waals surface area contributed by atoms with Crippen molar-refractivity contribution in [2.75, 3.05) is 39.9 Å². The molecule has 0 unspecified atom stereocenters. The van der Waals surface area contributed by atoms with Crippen molar-refractivity contribution in [3.05, 3.63) is 0 Å². The van der Waals surface area contributed by atoms with E-state index in [0.29, 0.717) is 17.6 Å². The van der Waals surface area contributed by atoms with Gasteiger partial charge >= 0.3 is 24.2 Å². The van der Waals surface area contributed by atoms with E-state index < -0.39 is 30.8 Å². The van der Waals surface area contributed by atoms with Gasteiger partial charge in [0, 0.05) is 0 Å². The number of nitrogens with zero attached hydrogens (tertiary/aromatic N) is 1. The molecule has 2 nitrogen and oxygen atoms in total. The molecule has 0 aliphatic rings. The summed E-state index contributed by atoms with van der Waals surface area (Å²) in [6, 6.07) is 0. The molecule has 0 aliphatic carbocycles.